The number of aromatic hydroxyl groups is 2. The molecule has 0 unspecified atom stereocenters. The minimum atomic E-state index is -0.577. The predicted molar refractivity (Wildman–Crippen MR) is 142 cm³/mol. The molecule has 2 aromatic carbocycles. The predicted octanol–water partition coefficient (Wildman–Crippen LogP) is 6.75. The molecule has 0 saturated heterocycles. The lowest BCUT2D eigenvalue weighted by molar-refractivity contribution is 0.157. The van der Waals surface area contributed by atoms with Crippen molar-refractivity contribution in [2.75, 3.05) is 0 Å². The van der Waals surface area contributed by atoms with Gasteiger partial charge in [0.25, 0.3) is 0 Å². The van der Waals surface area contributed by atoms with Crippen LogP contribution in [0.1, 0.15) is 58.2 Å². The third kappa shape index (κ3) is 3.87. The summed E-state index contributed by atoms with van der Waals surface area (Å²) in [6, 6.07) is 3.36. The molecular formula is C30H30O6. The Kier molecular flexibility index (Phi) is 5.32. The average molecular weight is 487 g/mol. The van der Waals surface area contributed by atoms with E-state index in [0.29, 0.717) is 40.2 Å². The Morgan fingerprint density at radius 2 is 1.58 bits per heavy atom. The summed E-state index contributed by atoms with van der Waals surface area (Å²) in [5.41, 5.74) is 1.86. The van der Waals surface area contributed by atoms with E-state index in [4.69, 9.17) is 13.9 Å². The molecule has 0 fully saturated rings. The molecule has 3 heterocycles. The summed E-state index contributed by atoms with van der Waals surface area (Å²) in [6.07, 6.45) is 11.1. The first-order valence-corrected chi connectivity index (χ1v) is 12.0. The zero-order chi connectivity index (χ0) is 26.0. The zero-order valence-corrected chi connectivity index (χ0v) is 21.4. The smallest absolute Gasteiger partial charge is 0.204 e. The van der Waals surface area contributed by atoms with E-state index >= 15 is 0 Å². The number of rotatable bonds is 3. The van der Waals surface area contributed by atoms with Crippen LogP contribution in [-0.4, -0.2) is 21.4 Å². The zero-order valence-electron chi connectivity index (χ0n) is 21.4. The van der Waals surface area contributed by atoms with Gasteiger partial charge in [-0.2, -0.15) is 0 Å². The molecule has 186 valence electrons. The van der Waals surface area contributed by atoms with Gasteiger partial charge in [0.1, 0.15) is 45.8 Å². The number of phenols is 2. The molecule has 0 atom stereocenters. The Labute approximate surface area is 209 Å². The van der Waals surface area contributed by atoms with Crippen LogP contribution in [0.5, 0.6) is 23.0 Å². The van der Waals surface area contributed by atoms with Crippen molar-refractivity contribution in [3.63, 3.8) is 0 Å². The number of benzene rings is 2. The fourth-order valence-electron chi connectivity index (χ4n) is 4.59. The summed E-state index contributed by atoms with van der Waals surface area (Å²) in [4.78, 5) is 13.8. The van der Waals surface area contributed by atoms with Gasteiger partial charge in [0.2, 0.25) is 5.43 Å². The number of ether oxygens (including phenoxy) is 2. The molecule has 2 aliphatic rings. The lowest BCUT2D eigenvalue weighted by Crippen LogP contribution is -2.28. The molecule has 6 nitrogen and oxygen atoms in total. The summed E-state index contributed by atoms with van der Waals surface area (Å²) < 4.78 is 18.1. The standard InChI is InChI=1S/C30H30O6/c1-16(2)7-8-19-25(32)23-26(33)21(15-34-28(23)20-12-14-30(5,6)36-27(19)20)17-9-10-22-18(24(17)31)11-13-29(3,4)35-22/h7,9-15,31-32H,8H2,1-6H3. The van der Waals surface area contributed by atoms with Crippen LogP contribution in [0.25, 0.3) is 34.2 Å². The number of hydrogen-bond acceptors (Lipinski definition) is 6. The fraction of sp³-hybridized carbons (Fsp3) is 0.300. The third-order valence-corrected chi connectivity index (χ3v) is 6.50. The second-order valence-corrected chi connectivity index (χ2v) is 10.7. The monoisotopic (exact) mass is 486 g/mol. The first-order chi connectivity index (χ1) is 16.9. The first-order valence-electron chi connectivity index (χ1n) is 12.0. The molecule has 0 radical (unpaired) electrons. The highest BCUT2D eigenvalue weighted by molar-refractivity contribution is 5.97. The highest BCUT2D eigenvalue weighted by Crippen LogP contribution is 2.46. The van der Waals surface area contributed by atoms with E-state index in [9.17, 15) is 15.0 Å². The van der Waals surface area contributed by atoms with Gasteiger partial charge < -0.3 is 24.1 Å². The van der Waals surface area contributed by atoms with Crippen LogP contribution in [0.3, 0.4) is 0 Å². The van der Waals surface area contributed by atoms with Crippen molar-refractivity contribution in [3.8, 4) is 34.1 Å². The van der Waals surface area contributed by atoms with Crippen LogP contribution in [0, 0.1) is 0 Å². The molecule has 0 aliphatic carbocycles. The van der Waals surface area contributed by atoms with Crippen molar-refractivity contribution in [1.29, 1.82) is 0 Å². The summed E-state index contributed by atoms with van der Waals surface area (Å²) in [6.45, 7) is 11.6. The summed E-state index contributed by atoms with van der Waals surface area (Å²) >= 11 is 0. The van der Waals surface area contributed by atoms with Gasteiger partial charge in [-0.05, 0) is 84.4 Å². The molecule has 5 rings (SSSR count). The second-order valence-electron chi connectivity index (χ2n) is 10.7. The van der Waals surface area contributed by atoms with E-state index in [0.717, 1.165) is 5.57 Å². The van der Waals surface area contributed by atoms with Crippen LogP contribution in [0.2, 0.25) is 0 Å². The Bertz CT molecular complexity index is 1560. The molecule has 2 aliphatic heterocycles. The first kappa shape index (κ1) is 23.8. The van der Waals surface area contributed by atoms with Crippen LogP contribution >= 0.6 is 0 Å². The maximum absolute atomic E-state index is 13.8. The van der Waals surface area contributed by atoms with Crippen molar-refractivity contribution in [2.24, 2.45) is 0 Å². The van der Waals surface area contributed by atoms with Crippen molar-refractivity contribution in [1.82, 2.24) is 0 Å². The number of hydrogen-bond donors (Lipinski definition) is 2. The molecule has 3 aromatic rings. The third-order valence-electron chi connectivity index (χ3n) is 6.50. The Morgan fingerprint density at radius 1 is 0.917 bits per heavy atom. The molecule has 6 heteroatoms. The van der Waals surface area contributed by atoms with E-state index in [1.807, 2.05) is 65.8 Å². The maximum Gasteiger partial charge on any atom is 0.204 e. The summed E-state index contributed by atoms with van der Waals surface area (Å²) in [5.74, 6) is 0.769. The summed E-state index contributed by atoms with van der Waals surface area (Å²) in [5, 5.41) is 22.5. The second kappa shape index (κ2) is 8.05. The topological polar surface area (TPSA) is 89.1 Å². The van der Waals surface area contributed by atoms with Gasteiger partial charge in [-0.1, -0.05) is 11.6 Å². The van der Waals surface area contributed by atoms with Gasteiger partial charge >= 0.3 is 0 Å². The van der Waals surface area contributed by atoms with Gasteiger partial charge in [-0.25, -0.2) is 0 Å². The SMILES string of the molecule is CC(C)=CCc1c2c(c3occ(-c4ccc5c(c4O)C=CC(C)(C)O5)c(=O)c3c1O)C=CC(C)(C)O2. The highest BCUT2D eigenvalue weighted by Gasteiger charge is 2.31. The van der Waals surface area contributed by atoms with Crippen molar-refractivity contribution < 1.29 is 24.1 Å². The van der Waals surface area contributed by atoms with E-state index in [1.165, 1.54) is 6.26 Å². The normalized spacial score (nSPS) is 16.6. The van der Waals surface area contributed by atoms with Crippen LogP contribution < -0.4 is 14.9 Å². The van der Waals surface area contributed by atoms with Gasteiger partial charge in [0, 0.05) is 11.1 Å². The molecule has 36 heavy (non-hydrogen) atoms. The van der Waals surface area contributed by atoms with Crippen LogP contribution in [0.15, 0.2) is 51.4 Å². The number of allylic oxidation sites excluding steroid dienone is 2. The average Bonchev–Trinajstić information content (AvgIpc) is 2.78. The number of phenolic OH excluding ortho intramolecular Hbond substituents is 2. The van der Waals surface area contributed by atoms with E-state index in [-0.39, 0.29) is 28.0 Å². The molecule has 2 N–H and O–H groups in total. The fourth-order valence-corrected chi connectivity index (χ4v) is 4.59. The lowest BCUT2D eigenvalue weighted by Gasteiger charge is -2.30. The molecule has 0 spiro atoms. The van der Waals surface area contributed by atoms with Gasteiger partial charge in [-0.15, -0.1) is 0 Å². The maximum atomic E-state index is 13.8. The molecule has 0 amide bonds. The molecule has 0 bridgehead atoms. The van der Waals surface area contributed by atoms with Gasteiger partial charge in [0.05, 0.1) is 16.7 Å². The lowest BCUT2D eigenvalue weighted by atomic mass is 9.93. The van der Waals surface area contributed by atoms with E-state index in [2.05, 4.69) is 0 Å². The Hall–Kier alpha value is -3.93. The molecule has 1 aromatic heterocycles. The van der Waals surface area contributed by atoms with Crippen LogP contribution in [-0.2, 0) is 6.42 Å². The van der Waals surface area contributed by atoms with Crippen molar-refractivity contribution in [2.45, 2.75) is 59.2 Å². The van der Waals surface area contributed by atoms with E-state index < -0.39 is 16.6 Å². The van der Waals surface area contributed by atoms with Gasteiger partial charge in [0.15, 0.2) is 5.58 Å². The summed E-state index contributed by atoms with van der Waals surface area (Å²) in [7, 11) is 0. The largest absolute Gasteiger partial charge is 0.507 e. The minimum absolute atomic E-state index is 0.0569. The Balaban J connectivity index is 1.76. The minimum Gasteiger partial charge on any atom is -0.507 e. The van der Waals surface area contributed by atoms with Crippen LogP contribution in [0.4, 0.5) is 0 Å². The van der Waals surface area contributed by atoms with Crippen molar-refractivity contribution >= 4 is 23.1 Å². The van der Waals surface area contributed by atoms with Crippen molar-refractivity contribution in [3.05, 3.63) is 69.1 Å². The highest BCUT2D eigenvalue weighted by atomic mass is 16.5. The van der Waals surface area contributed by atoms with Gasteiger partial charge in [-0.3, -0.25) is 4.79 Å². The number of fused-ring (bicyclic) bond motifs is 4. The molecule has 0 saturated carbocycles. The molecular weight excluding hydrogens is 456 g/mol. The van der Waals surface area contributed by atoms with E-state index in [1.54, 1.807) is 18.2 Å². The Morgan fingerprint density at radius 3 is 2.28 bits per heavy atom. The quantitative estimate of drug-likeness (QED) is 0.398.